The lowest BCUT2D eigenvalue weighted by molar-refractivity contribution is 0.273. The third kappa shape index (κ3) is 5.00. The van der Waals surface area contributed by atoms with Gasteiger partial charge >= 0.3 is 0 Å². The first-order valence-corrected chi connectivity index (χ1v) is 7.34. The normalized spacial score (nSPS) is 23.1. The summed E-state index contributed by atoms with van der Waals surface area (Å²) in [6, 6.07) is 4.19. The van der Waals surface area contributed by atoms with Gasteiger partial charge in [-0.1, -0.05) is 6.92 Å². The second kappa shape index (κ2) is 5.68. The average molecular weight is 264 g/mol. The summed E-state index contributed by atoms with van der Waals surface area (Å²) in [7, 11) is 2.18. The minimum atomic E-state index is 0.131. The molecule has 1 saturated carbocycles. The molecule has 108 valence electrons. The van der Waals surface area contributed by atoms with Crippen LogP contribution in [0.4, 0.5) is 0 Å². The Morgan fingerprint density at radius 1 is 1.32 bits per heavy atom. The predicted molar refractivity (Wildman–Crippen MR) is 78.9 cm³/mol. The van der Waals surface area contributed by atoms with E-state index in [0.29, 0.717) is 0 Å². The smallest absolute Gasteiger partial charge is 0.118 e. The lowest BCUT2D eigenvalue weighted by Gasteiger charge is -2.19. The Balaban J connectivity index is 1.76. The molecule has 0 aromatic carbocycles. The molecule has 1 aliphatic carbocycles. The highest BCUT2D eigenvalue weighted by molar-refractivity contribution is 5.07. The minimum Gasteiger partial charge on any atom is -0.463 e. The largest absolute Gasteiger partial charge is 0.463 e. The van der Waals surface area contributed by atoms with Gasteiger partial charge in [0.05, 0.1) is 13.1 Å². The Kier molecular flexibility index (Phi) is 4.36. The maximum atomic E-state index is 5.87. The SMILES string of the molecule is CC1CC1CN(C)Cc1ccc(CNC(C)(C)C)o1. The first-order chi connectivity index (χ1) is 8.83. The molecule has 0 aliphatic heterocycles. The molecule has 0 amide bonds. The first-order valence-electron chi connectivity index (χ1n) is 7.34. The zero-order valence-corrected chi connectivity index (χ0v) is 13.0. The monoisotopic (exact) mass is 264 g/mol. The summed E-state index contributed by atoms with van der Waals surface area (Å²) in [5, 5.41) is 3.45. The summed E-state index contributed by atoms with van der Waals surface area (Å²) in [5.74, 6) is 3.92. The molecule has 1 aromatic rings. The molecular formula is C16H28N2O. The van der Waals surface area contributed by atoms with Crippen molar-refractivity contribution in [1.82, 2.24) is 10.2 Å². The zero-order valence-electron chi connectivity index (χ0n) is 13.0. The molecule has 2 atom stereocenters. The Bertz CT molecular complexity index is 405. The molecule has 0 spiro atoms. The number of furan rings is 1. The van der Waals surface area contributed by atoms with Gasteiger partial charge < -0.3 is 9.73 Å². The maximum absolute atomic E-state index is 5.87. The number of hydrogen-bond acceptors (Lipinski definition) is 3. The molecule has 1 aromatic heterocycles. The molecule has 19 heavy (non-hydrogen) atoms. The molecule has 1 fully saturated rings. The predicted octanol–water partition coefficient (Wildman–Crippen LogP) is 3.26. The van der Waals surface area contributed by atoms with Crippen molar-refractivity contribution in [2.24, 2.45) is 11.8 Å². The van der Waals surface area contributed by atoms with Crippen LogP contribution >= 0.6 is 0 Å². The summed E-state index contributed by atoms with van der Waals surface area (Å²) in [5.41, 5.74) is 0.131. The van der Waals surface area contributed by atoms with E-state index in [-0.39, 0.29) is 5.54 Å². The van der Waals surface area contributed by atoms with Crippen LogP contribution in [-0.2, 0) is 13.1 Å². The molecule has 3 heteroatoms. The van der Waals surface area contributed by atoms with Crippen LogP contribution < -0.4 is 5.32 Å². The van der Waals surface area contributed by atoms with E-state index in [1.54, 1.807) is 0 Å². The highest BCUT2D eigenvalue weighted by atomic mass is 16.3. The lowest BCUT2D eigenvalue weighted by Crippen LogP contribution is -2.34. The molecule has 3 nitrogen and oxygen atoms in total. The second-order valence-corrected chi connectivity index (χ2v) is 7.14. The van der Waals surface area contributed by atoms with E-state index in [2.05, 4.69) is 57.1 Å². The third-order valence-electron chi connectivity index (χ3n) is 3.76. The second-order valence-electron chi connectivity index (χ2n) is 7.14. The summed E-state index contributed by atoms with van der Waals surface area (Å²) >= 11 is 0. The Hall–Kier alpha value is -0.800. The van der Waals surface area contributed by atoms with Crippen molar-refractivity contribution in [3.05, 3.63) is 23.7 Å². The van der Waals surface area contributed by atoms with E-state index in [9.17, 15) is 0 Å². The molecule has 2 rings (SSSR count). The van der Waals surface area contributed by atoms with E-state index in [1.807, 2.05) is 0 Å². The van der Waals surface area contributed by atoms with E-state index >= 15 is 0 Å². The standard InChI is InChI=1S/C16H28N2O/c1-12-8-13(12)10-18(5)11-15-7-6-14(19-15)9-17-16(2,3)4/h6-7,12-13,17H,8-11H2,1-5H3. The van der Waals surface area contributed by atoms with Crippen molar-refractivity contribution in [2.75, 3.05) is 13.6 Å². The first kappa shape index (κ1) is 14.6. The number of rotatable bonds is 6. The molecule has 1 N–H and O–H groups in total. The summed E-state index contributed by atoms with van der Waals surface area (Å²) in [6.07, 6.45) is 1.39. The van der Waals surface area contributed by atoms with Crippen molar-refractivity contribution in [3.8, 4) is 0 Å². The quantitative estimate of drug-likeness (QED) is 0.855. The zero-order chi connectivity index (χ0) is 14.0. The molecule has 0 radical (unpaired) electrons. The van der Waals surface area contributed by atoms with Gasteiger partial charge in [0.1, 0.15) is 11.5 Å². The van der Waals surface area contributed by atoms with Crippen LogP contribution in [0.5, 0.6) is 0 Å². The van der Waals surface area contributed by atoms with Crippen LogP contribution in [0, 0.1) is 11.8 Å². The minimum absolute atomic E-state index is 0.131. The van der Waals surface area contributed by atoms with Crippen molar-refractivity contribution in [1.29, 1.82) is 0 Å². The summed E-state index contributed by atoms with van der Waals surface area (Å²) < 4.78 is 5.87. The van der Waals surface area contributed by atoms with E-state index in [4.69, 9.17) is 4.42 Å². The molecule has 1 aliphatic rings. The van der Waals surface area contributed by atoms with E-state index in [1.165, 1.54) is 13.0 Å². The van der Waals surface area contributed by atoms with Gasteiger partial charge in [-0.15, -0.1) is 0 Å². The van der Waals surface area contributed by atoms with Gasteiger partial charge in [-0.2, -0.15) is 0 Å². The van der Waals surface area contributed by atoms with Crippen LogP contribution in [-0.4, -0.2) is 24.0 Å². The fourth-order valence-corrected chi connectivity index (χ4v) is 2.34. The van der Waals surface area contributed by atoms with Crippen LogP contribution in [0.3, 0.4) is 0 Å². The Labute approximate surface area is 117 Å². The lowest BCUT2D eigenvalue weighted by atomic mass is 10.1. The Morgan fingerprint density at radius 2 is 1.95 bits per heavy atom. The van der Waals surface area contributed by atoms with Gasteiger partial charge in [-0.25, -0.2) is 0 Å². The van der Waals surface area contributed by atoms with Crippen LogP contribution in [0.2, 0.25) is 0 Å². The molecule has 2 unspecified atom stereocenters. The average Bonchev–Trinajstić information content (AvgIpc) is 2.79. The third-order valence-corrected chi connectivity index (χ3v) is 3.76. The highest BCUT2D eigenvalue weighted by Gasteiger charge is 2.33. The van der Waals surface area contributed by atoms with Crippen LogP contribution in [0.1, 0.15) is 45.6 Å². The molecule has 0 bridgehead atoms. The number of hydrogen-bond donors (Lipinski definition) is 1. The van der Waals surface area contributed by atoms with Gasteiger partial charge in [-0.3, -0.25) is 4.90 Å². The fraction of sp³-hybridized carbons (Fsp3) is 0.750. The Morgan fingerprint density at radius 3 is 2.53 bits per heavy atom. The van der Waals surface area contributed by atoms with Crippen LogP contribution in [0.15, 0.2) is 16.5 Å². The topological polar surface area (TPSA) is 28.4 Å². The van der Waals surface area contributed by atoms with Crippen molar-refractivity contribution in [3.63, 3.8) is 0 Å². The molecule has 1 heterocycles. The van der Waals surface area contributed by atoms with Crippen molar-refractivity contribution >= 4 is 0 Å². The van der Waals surface area contributed by atoms with E-state index in [0.717, 1.165) is 36.4 Å². The molecular weight excluding hydrogens is 236 g/mol. The van der Waals surface area contributed by atoms with E-state index < -0.39 is 0 Å². The number of nitrogens with zero attached hydrogens (tertiary/aromatic N) is 1. The number of nitrogens with one attached hydrogen (secondary N) is 1. The van der Waals surface area contributed by atoms with Crippen LogP contribution in [0.25, 0.3) is 0 Å². The van der Waals surface area contributed by atoms with Gasteiger partial charge in [-0.05, 0) is 58.2 Å². The molecule has 0 saturated heterocycles. The van der Waals surface area contributed by atoms with Gasteiger partial charge in [0, 0.05) is 12.1 Å². The maximum Gasteiger partial charge on any atom is 0.118 e. The fourth-order valence-electron chi connectivity index (χ4n) is 2.34. The highest BCUT2D eigenvalue weighted by Crippen LogP contribution is 2.38. The van der Waals surface area contributed by atoms with Crippen molar-refractivity contribution in [2.45, 2.75) is 52.7 Å². The summed E-state index contributed by atoms with van der Waals surface area (Å²) in [4.78, 5) is 2.37. The van der Waals surface area contributed by atoms with Gasteiger partial charge in [0.2, 0.25) is 0 Å². The van der Waals surface area contributed by atoms with Gasteiger partial charge in [0.15, 0.2) is 0 Å². The summed E-state index contributed by atoms with van der Waals surface area (Å²) in [6.45, 7) is 11.7. The van der Waals surface area contributed by atoms with Gasteiger partial charge in [0.25, 0.3) is 0 Å². The van der Waals surface area contributed by atoms with Crippen molar-refractivity contribution < 1.29 is 4.42 Å².